The first-order chi connectivity index (χ1) is 9.91. The summed E-state index contributed by atoms with van der Waals surface area (Å²) in [4.78, 5) is 2.10. The van der Waals surface area contributed by atoms with Gasteiger partial charge in [0, 0.05) is 30.4 Å². The van der Waals surface area contributed by atoms with E-state index in [1.807, 2.05) is 57.8 Å². The van der Waals surface area contributed by atoms with Crippen LogP contribution in [-0.2, 0) is 17.4 Å². The minimum Gasteiger partial charge on any atom is -0.364 e. The number of hydrogen-bond donors (Lipinski definition) is 0. The fourth-order valence-electron chi connectivity index (χ4n) is 2.20. The first-order valence-corrected chi connectivity index (χ1v) is 7.33. The zero-order valence-corrected chi connectivity index (χ0v) is 13.8. The van der Waals surface area contributed by atoms with E-state index in [2.05, 4.69) is 16.9 Å². The third-order valence-electron chi connectivity index (χ3n) is 3.58. The van der Waals surface area contributed by atoms with Crippen molar-refractivity contribution in [3.8, 4) is 0 Å². The third-order valence-corrected chi connectivity index (χ3v) is 3.83. The first-order valence-electron chi connectivity index (χ1n) is 6.95. The highest BCUT2D eigenvalue weighted by Gasteiger charge is 2.31. The topological polar surface area (TPSA) is 30.3 Å². The number of halogens is 1. The molecule has 4 nitrogen and oxygen atoms in total. The Labute approximate surface area is 131 Å². The first kappa shape index (κ1) is 16.0. The van der Waals surface area contributed by atoms with Crippen LogP contribution in [0.15, 0.2) is 36.7 Å². The molecule has 0 fully saturated rings. The predicted octanol–water partition coefficient (Wildman–Crippen LogP) is 2.92. The highest BCUT2D eigenvalue weighted by molar-refractivity contribution is 6.30. The summed E-state index contributed by atoms with van der Waals surface area (Å²) in [5.74, 6) is 0. The van der Waals surface area contributed by atoms with Crippen molar-refractivity contribution < 1.29 is 4.74 Å². The summed E-state index contributed by atoms with van der Waals surface area (Å²) in [6.07, 6.45) is 3.84. The van der Waals surface area contributed by atoms with Crippen molar-refractivity contribution in [2.75, 3.05) is 27.2 Å². The Balaban J connectivity index is 2.31. The molecule has 0 N–H and O–H groups in total. The van der Waals surface area contributed by atoms with E-state index < -0.39 is 5.60 Å². The van der Waals surface area contributed by atoms with Gasteiger partial charge in [-0.05, 0) is 38.7 Å². The number of hydrogen-bond acceptors (Lipinski definition) is 3. The molecule has 0 aliphatic heterocycles. The monoisotopic (exact) mass is 307 g/mol. The summed E-state index contributed by atoms with van der Waals surface area (Å²) in [6.45, 7) is 3.58. The second-order valence-corrected chi connectivity index (χ2v) is 6.03. The van der Waals surface area contributed by atoms with E-state index in [1.54, 1.807) is 4.68 Å². The minimum absolute atomic E-state index is 0.533. The van der Waals surface area contributed by atoms with Gasteiger partial charge in [0.05, 0.1) is 12.8 Å². The molecule has 0 bridgehead atoms. The molecule has 0 radical (unpaired) electrons. The maximum Gasteiger partial charge on any atom is 0.118 e. The van der Waals surface area contributed by atoms with Crippen molar-refractivity contribution >= 4 is 11.6 Å². The summed E-state index contributed by atoms with van der Waals surface area (Å²) >= 11 is 5.99. The number of benzene rings is 1. The average molecular weight is 308 g/mol. The zero-order valence-electron chi connectivity index (χ0n) is 13.0. The molecule has 0 amide bonds. The lowest BCUT2D eigenvalue weighted by molar-refractivity contribution is -0.0102. The Kier molecular flexibility index (Phi) is 5.04. The number of nitrogens with zero attached hydrogens (tertiary/aromatic N) is 3. The second kappa shape index (κ2) is 6.60. The second-order valence-electron chi connectivity index (χ2n) is 5.59. The van der Waals surface area contributed by atoms with Gasteiger partial charge in [-0.3, -0.25) is 4.68 Å². The van der Waals surface area contributed by atoms with Crippen molar-refractivity contribution in [2.24, 2.45) is 7.05 Å². The van der Waals surface area contributed by atoms with E-state index in [4.69, 9.17) is 16.3 Å². The van der Waals surface area contributed by atoms with Gasteiger partial charge >= 0.3 is 0 Å². The van der Waals surface area contributed by atoms with Gasteiger partial charge in [0.1, 0.15) is 5.60 Å². The highest BCUT2D eigenvalue weighted by Crippen LogP contribution is 2.33. The van der Waals surface area contributed by atoms with Crippen molar-refractivity contribution in [1.82, 2.24) is 14.7 Å². The van der Waals surface area contributed by atoms with Crippen molar-refractivity contribution in [3.63, 3.8) is 0 Å². The van der Waals surface area contributed by atoms with Crippen LogP contribution in [0, 0.1) is 0 Å². The van der Waals surface area contributed by atoms with E-state index >= 15 is 0 Å². The SMILES string of the molecule is CN(C)CCOC(C)(c1ccc(Cl)cc1)c1cnn(C)c1. The van der Waals surface area contributed by atoms with E-state index in [0.29, 0.717) is 6.61 Å². The molecular formula is C16H22ClN3O. The predicted molar refractivity (Wildman–Crippen MR) is 85.6 cm³/mol. The standard InChI is InChI=1S/C16H22ClN3O/c1-16(21-10-9-19(2)3,14-11-18-20(4)12-14)13-5-7-15(17)8-6-13/h5-8,11-12H,9-10H2,1-4H3. The van der Waals surface area contributed by atoms with Gasteiger partial charge in [-0.15, -0.1) is 0 Å². The maximum atomic E-state index is 6.23. The van der Waals surface area contributed by atoms with Gasteiger partial charge < -0.3 is 9.64 Å². The molecule has 0 aliphatic rings. The van der Waals surface area contributed by atoms with Crippen LogP contribution in [0.2, 0.25) is 5.02 Å². The molecule has 2 aromatic rings. The summed E-state index contributed by atoms with van der Waals surface area (Å²) in [5.41, 5.74) is 1.57. The van der Waals surface area contributed by atoms with Crippen LogP contribution < -0.4 is 0 Å². The number of likely N-dealkylation sites (N-methyl/N-ethyl adjacent to an activating group) is 1. The lowest BCUT2D eigenvalue weighted by Gasteiger charge is -2.30. The van der Waals surface area contributed by atoms with Crippen LogP contribution in [0.25, 0.3) is 0 Å². The van der Waals surface area contributed by atoms with Crippen LogP contribution in [0.5, 0.6) is 0 Å². The number of aromatic nitrogens is 2. The Bertz CT molecular complexity index is 579. The molecule has 1 heterocycles. The summed E-state index contributed by atoms with van der Waals surface area (Å²) < 4.78 is 8.02. The molecule has 114 valence electrons. The Morgan fingerprint density at radius 3 is 2.43 bits per heavy atom. The highest BCUT2D eigenvalue weighted by atomic mass is 35.5. The van der Waals surface area contributed by atoms with Crippen LogP contribution in [0.3, 0.4) is 0 Å². The fraction of sp³-hybridized carbons (Fsp3) is 0.438. The van der Waals surface area contributed by atoms with Crippen molar-refractivity contribution in [3.05, 3.63) is 52.8 Å². The van der Waals surface area contributed by atoms with E-state index in [1.165, 1.54) is 0 Å². The lowest BCUT2D eigenvalue weighted by atomic mass is 9.90. The zero-order chi connectivity index (χ0) is 15.5. The molecule has 0 aliphatic carbocycles. The van der Waals surface area contributed by atoms with Gasteiger partial charge in [-0.2, -0.15) is 5.10 Å². The summed E-state index contributed by atoms with van der Waals surface area (Å²) in [5, 5.41) is 4.99. The molecule has 1 aromatic carbocycles. The van der Waals surface area contributed by atoms with Crippen LogP contribution in [0.1, 0.15) is 18.1 Å². The van der Waals surface area contributed by atoms with Crippen LogP contribution >= 0.6 is 11.6 Å². The number of ether oxygens (including phenoxy) is 1. The maximum absolute atomic E-state index is 6.23. The van der Waals surface area contributed by atoms with Gasteiger partial charge in [-0.25, -0.2) is 0 Å². The van der Waals surface area contributed by atoms with Gasteiger partial charge in [0.2, 0.25) is 0 Å². The van der Waals surface area contributed by atoms with Crippen molar-refractivity contribution in [2.45, 2.75) is 12.5 Å². The van der Waals surface area contributed by atoms with Crippen LogP contribution in [-0.4, -0.2) is 41.9 Å². The molecule has 5 heteroatoms. The largest absolute Gasteiger partial charge is 0.364 e. The third kappa shape index (κ3) is 3.84. The Morgan fingerprint density at radius 1 is 1.24 bits per heavy atom. The van der Waals surface area contributed by atoms with Gasteiger partial charge in [0.25, 0.3) is 0 Å². The average Bonchev–Trinajstić information content (AvgIpc) is 2.86. The fourth-order valence-corrected chi connectivity index (χ4v) is 2.33. The Morgan fingerprint density at radius 2 is 1.90 bits per heavy atom. The summed E-state index contributed by atoms with van der Waals surface area (Å²) in [6, 6.07) is 7.79. The number of aryl methyl sites for hydroxylation is 1. The molecule has 0 saturated carbocycles. The van der Waals surface area contributed by atoms with Crippen molar-refractivity contribution in [1.29, 1.82) is 0 Å². The Hall–Kier alpha value is -1.36. The number of rotatable bonds is 6. The van der Waals surface area contributed by atoms with Gasteiger partial charge in [0.15, 0.2) is 0 Å². The molecule has 21 heavy (non-hydrogen) atoms. The lowest BCUT2D eigenvalue weighted by Crippen LogP contribution is -2.30. The molecule has 2 rings (SSSR count). The molecular weight excluding hydrogens is 286 g/mol. The molecule has 0 saturated heterocycles. The van der Waals surface area contributed by atoms with E-state index in [9.17, 15) is 0 Å². The molecule has 1 aromatic heterocycles. The molecule has 0 spiro atoms. The molecule has 1 atom stereocenters. The quantitative estimate of drug-likeness (QED) is 0.822. The normalized spacial score (nSPS) is 14.4. The minimum atomic E-state index is -0.533. The van der Waals surface area contributed by atoms with E-state index in [-0.39, 0.29) is 0 Å². The summed E-state index contributed by atoms with van der Waals surface area (Å²) in [7, 11) is 5.98. The van der Waals surface area contributed by atoms with Crippen LogP contribution in [0.4, 0.5) is 0 Å². The molecule has 1 unspecified atom stereocenters. The van der Waals surface area contributed by atoms with Gasteiger partial charge in [-0.1, -0.05) is 23.7 Å². The smallest absolute Gasteiger partial charge is 0.118 e. The van der Waals surface area contributed by atoms with E-state index in [0.717, 1.165) is 22.7 Å².